The Balaban J connectivity index is 3.21. The molecule has 0 bridgehead atoms. The molecule has 0 aliphatic carbocycles. The number of rotatable bonds is 1. The number of hydrogen-bond acceptors (Lipinski definition) is 3. The van der Waals surface area contributed by atoms with E-state index in [1.54, 1.807) is 0 Å². The molecule has 1 heterocycles. The molecule has 0 aliphatic rings. The molecular weight excluding hydrogens is 187 g/mol. The van der Waals surface area contributed by atoms with E-state index in [0.717, 1.165) is 6.07 Å². The van der Waals surface area contributed by atoms with Crippen molar-refractivity contribution < 1.29 is 23.1 Å². The smallest absolute Gasteiger partial charge is 0.433 e. The highest BCUT2D eigenvalue weighted by Gasteiger charge is 2.32. The molecule has 1 N–H and O–H groups in total. The quantitative estimate of drug-likeness (QED) is 0.686. The summed E-state index contributed by atoms with van der Waals surface area (Å²) in [5.74, 6) is -0.567. The first-order valence-electron chi connectivity index (χ1n) is 3.17. The molecule has 13 heavy (non-hydrogen) atoms. The van der Waals surface area contributed by atoms with Crippen LogP contribution in [-0.4, -0.2) is 16.4 Å². The molecular formula is C7H4F3NO2. The second kappa shape index (κ2) is 3.04. The van der Waals surface area contributed by atoms with E-state index in [1.165, 1.54) is 0 Å². The van der Waals surface area contributed by atoms with Gasteiger partial charge in [-0.15, -0.1) is 0 Å². The zero-order valence-corrected chi connectivity index (χ0v) is 6.17. The molecule has 6 heteroatoms. The summed E-state index contributed by atoms with van der Waals surface area (Å²) in [4.78, 5) is 13.0. The number of hydrogen-bond donors (Lipinski definition) is 1. The predicted octanol–water partition coefficient (Wildman–Crippen LogP) is 1.62. The zero-order chi connectivity index (χ0) is 10.1. The molecule has 0 saturated heterocycles. The summed E-state index contributed by atoms with van der Waals surface area (Å²) in [7, 11) is 0. The minimum atomic E-state index is -4.61. The van der Waals surface area contributed by atoms with Crippen molar-refractivity contribution in [2.45, 2.75) is 6.18 Å². The average molecular weight is 191 g/mol. The van der Waals surface area contributed by atoms with Crippen molar-refractivity contribution >= 4 is 6.29 Å². The van der Waals surface area contributed by atoms with Crippen molar-refractivity contribution in [3.05, 3.63) is 23.5 Å². The molecule has 0 fully saturated rings. The Morgan fingerprint density at radius 2 is 2.00 bits per heavy atom. The van der Waals surface area contributed by atoms with Crippen LogP contribution in [0.4, 0.5) is 13.2 Å². The average Bonchev–Trinajstić information content (AvgIpc) is 2.03. The summed E-state index contributed by atoms with van der Waals surface area (Å²) in [5.41, 5.74) is -1.82. The lowest BCUT2D eigenvalue weighted by Crippen LogP contribution is -2.08. The molecule has 0 aromatic carbocycles. The van der Waals surface area contributed by atoms with Gasteiger partial charge in [-0.1, -0.05) is 0 Å². The molecule has 0 unspecified atom stereocenters. The summed E-state index contributed by atoms with van der Waals surface area (Å²) >= 11 is 0. The van der Waals surface area contributed by atoms with Crippen molar-refractivity contribution in [1.82, 2.24) is 4.98 Å². The van der Waals surface area contributed by atoms with Gasteiger partial charge in [0.2, 0.25) is 0 Å². The van der Waals surface area contributed by atoms with Crippen LogP contribution in [0.15, 0.2) is 12.1 Å². The van der Waals surface area contributed by atoms with Gasteiger partial charge in [0.1, 0.15) is 17.1 Å². The number of aldehydes is 1. The molecule has 1 rings (SSSR count). The lowest BCUT2D eigenvalue weighted by Gasteiger charge is -2.05. The number of alkyl halides is 3. The predicted molar refractivity (Wildman–Crippen MR) is 36.3 cm³/mol. The van der Waals surface area contributed by atoms with Gasteiger partial charge < -0.3 is 5.11 Å². The fourth-order valence-corrected chi connectivity index (χ4v) is 0.712. The van der Waals surface area contributed by atoms with Crippen LogP contribution in [0.25, 0.3) is 0 Å². The lowest BCUT2D eigenvalue weighted by atomic mass is 10.3. The van der Waals surface area contributed by atoms with Crippen molar-refractivity contribution in [3.63, 3.8) is 0 Å². The van der Waals surface area contributed by atoms with E-state index in [-0.39, 0.29) is 6.29 Å². The van der Waals surface area contributed by atoms with Gasteiger partial charge in [0.15, 0.2) is 6.29 Å². The third-order valence-electron chi connectivity index (χ3n) is 1.30. The van der Waals surface area contributed by atoms with Gasteiger partial charge in [-0.2, -0.15) is 13.2 Å². The van der Waals surface area contributed by atoms with E-state index >= 15 is 0 Å². The SMILES string of the molecule is O=Cc1nc(C(F)(F)F)ccc1O. The molecule has 0 atom stereocenters. The molecule has 0 radical (unpaired) electrons. The summed E-state index contributed by atoms with van der Waals surface area (Å²) in [6, 6.07) is 1.38. The second-order valence-corrected chi connectivity index (χ2v) is 2.22. The molecule has 0 saturated carbocycles. The minimum absolute atomic E-state index is 0.0601. The van der Waals surface area contributed by atoms with Gasteiger partial charge >= 0.3 is 6.18 Å². The van der Waals surface area contributed by atoms with Crippen molar-refractivity contribution in [3.8, 4) is 5.75 Å². The number of nitrogens with zero attached hydrogens (tertiary/aromatic N) is 1. The van der Waals surface area contributed by atoms with Crippen molar-refractivity contribution in [2.24, 2.45) is 0 Å². The van der Waals surface area contributed by atoms with Gasteiger partial charge in [-0.25, -0.2) is 4.98 Å². The number of carbonyl (C=O) groups is 1. The van der Waals surface area contributed by atoms with Crippen LogP contribution >= 0.6 is 0 Å². The third kappa shape index (κ3) is 1.95. The normalized spacial score (nSPS) is 11.3. The zero-order valence-electron chi connectivity index (χ0n) is 6.17. The van der Waals surface area contributed by atoms with Crippen molar-refractivity contribution in [1.29, 1.82) is 0 Å². The summed E-state index contributed by atoms with van der Waals surface area (Å²) in [6.07, 6.45) is -4.55. The Labute approximate surface area is 70.8 Å². The highest BCUT2D eigenvalue weighted by atomic mass is 19.4. The van der Waals surface area contributed by atoms with E-state index < -0.39 is 23.3 Å². The third-order valence-corrected chi connectivity index (χ3v) is 1.30. The maximum atomic E-state index is 12.0. The van der Waals surface area contributed by atoms with Crippen LogP contribution in [0.1, 0.15) is 16.2 Å². The number of halogens is 3. The summed E-state index contributed by atoms with van der Waals surface area (Å²) < 4.78 is 35.9. The molecule has 1 aromatic heterocycles. The second-order valence-electron chi connectivity index (χ2n) is 2.22. The Morgan fingerprint density at radius 1 is 1.38 bits per heavy atom. The minimum Gasteiger partial charge on any atom is -0.506 e. The van der Waals surface area contributed by atoms with Crippen LogP contribution < -0.4 is 0 Å². The molecule has 3 nitrogen and oxygen atoms in total. The van der Waals surface area contributed by atoms with Crippen molar-refractivity contribution in [2.75, 3.05) is 0 Å². The molecule has 0 aliphatic heterocycles. The van der Waals surface area contributed by atoms with E-state index in [1.807, 2.05) is 0 Å². The molecule has 0 amide bonds. The number of aromatic nitrogens is 1. The molecule has 1 aromatic rings. The maximum Gasteiger partial charge on any atom is 0.433 e. The highest BCUT2D eigenvalue weighted by molar-refractivity contribution is 5.75. The lowest BCUT2D eigenvalue weighted by molar-refractivity contribution is -0.141. The van der Waals surface area contributed by atoms with E-state index in [0.29, 0.717) is 6.07 Å². The summed E-state index contributed by atoms with van der Waals surface area (Å²) in [6.45, 7) is 0. The van der Waals surface area contributed by atoms with Crippen LogP contribution in [0.5, 0.6) is 5.75 Å². The van der Waals surface area contributed by atoms with Gasteiger partial charge in [-0.05, 0) is 12.1 Å². The van der Waals surface area contributed by atoms with Gasteiger partial charge in [-0.3, -0.25) is 4.79 Å². The first-order valence-corrected chi connectivity index (χ1v) is 3.17. The molecule has 70 valence electrons. The first-order chi connectivity index (χ1) is 5.95. The van der Waals surface area contributed by atoms with Crippen LogP contribution in [0, 0.1) is 0 Å². The van der Waals surface area contributed by atoms with Crippen LogP contribution in [0.2, 0.25) is 0 Å². The largest absolute Gasteiger partial charge is 0.506 e. The van der Waals surface area contributed by atoms with Gasteiger partial charge in [0.05, 0.1) is 0 Å². The fraction of sp³-hybridized carbons (Fsp3) is 0.143. The number of pyridine rings is 1. The number of aromatic hydroxyl groups is 1. The number of carbonyl (C=O) groups excluding carboxylic acids is 1. The maximum absolute atomic E-state index is 12.0. The van der Waals surface area contributed by atoms with Gasteiger partial charge in [0, 0.05) is 0 Å². The fourth-order valence-electron chi connectivity index (χ4n) is 0.712. The standard InChI is InChI=1S/C7H4F3NO2/c8-7(9,10)6-2-1-5(13)4(3-12)11-6/h1-3,13H. The Hall–Kier alpha value is -1.59. The van der Waals surface area contributed by atoms with E-state index in [9.17, 15) is 18.0 Å². The van der Waals surface area contributed by atoms with E-state index in [4.69, 9.17) is 5.11 Å². The Bertz CT molecular complexity index is 335. The Morgan fingerprint density at radius 3 is 2.46 bits per heavy atom. The topological polar surface area (TPSA) is 50.2 Å². The van der Waals surface area contributed by atoms with Crippen LogP contribution in [-0.2, 0) is 6.18 Å². The van der Waals surface area contributed by atoms with Gasteiger partial charge in [0.25, 0.3) is 0 Å². The van der Waals surface area contributed by atoms with Crippen LogP contribution in [0.3, 0.4) is 0 Å². The van der Waals surface area contributed by atoms with E-state index in [2.05, 4.69) is 4.98 Å². The summed E-state index contributed by atoms with van der Waals surface area (Å²) in [5, 5.41) is 8.84. The monoisotopic (exact) mass is 191 g/mol. The first kappa shape index (κ1) is 9.50. The highest BCUT2D eigenvalue weighted by Crippen LogP contribution is 2.29. The molecule has 0 spiro atoms. The Kier molecular flexibility index (Phi) is 2.22.